The van der Waals surface area contributed by atoms with Gasteiger partial charge in [-0.2, -0.15) is 0 Å². The van der Waals surface area contributed by atoms with E-state index in [2.05, 4.69) is 10.6 Å². The van der Waals surface area contributed by atoms with Crippen LogP contribution < -0.4 is 16.4 Å². The molecular weight excluding hydrogens is 218 g/mol. The molecule has 0 radical (unpaired) electrons. The molecule has 1 saturated heterocycles. The van der Waals surface area contributed by atoms with Crippen LogP contribution >= 0.6 is 0 Å². The Morgan fingerprint density at radius 1 is 1.41 bits per heavy atom. The lowest BCUT2D eigenvalue weighted by Crippen LogP contribution is -2.35. The molecule has 5 N–H and O–H groups in total. The van der Waals surface area contributed by atoms with Crippen molar-refractivity contribution in [3.63, 3.8) is 0 Å². The van der Waals surface area contributed by atoms with Crippen molar-refractivity contribution in [1.29, 1.82) is 0 Å². The van der Waals surface area contributed by atoms with Gasteiger partial charge in [0.15, 0.2) is 0 Å². The average molecular weight is 235 g/mol. The first kappa shape index (κ1) is 11.7. The lowest BCUT2D eigenvalue weighted by Gasteiger charge is -2.25. The van der Waals surface area contributed by atoms with E-state index >= 15 is 0 Å². The highest BCUT2D eigenvalue weighted by molar-refractivity contribution is 5.93. The Balaban J connectivity index is 2.08. The summed E-state index contributed by atoms with van der Waals surface area (Å²) in [6, 6.07) is 5.07. The number of phenols is 1. The van der Waals surface area contributed by atoms with Gasteiger partial charge in [-0.1, -0.05) is 0 Å². The molecule has 1 aliphatic rings. The molecule has 0 atom stereocenters. The molecule has 1 amide bonds. The van der Waals surface area contributed by atoms with Gasteiger partial charge in [-0.15, -0.1) is 0 Å². The molecule has 2 rings (SSSR count). The minimum absolute atomic E-state index is 0.0693. The van der Waals surface area contributed by atoms with Crippen LogP contribution in [-0.2, 0) is 0 Å². The number of nitrogens with two attached hydrogens (primary N) is 1. The monoisotopic (exact) mass is 235 g/mol. The molecule has 0 bridgehead atoms. The molecule has 1 aliphatic heterocycles. The Kier molecular flexibility index (Phi) is 3.49. The highest BCUT2D eigenvalue weighted by Gasteiger charge is 2.14. The Morgan fingerprint density at radius 3 is 2.71 bits per heavy atom. The summed E-state index contributed by atoms with van der Waals surface area (Å²) in [5.74, 6) is -0.464. The summed E-state index contributed by atoms with van der Waals surface area (Å²) in [5, 5.41) is 16.3. The van der Waals surface area contributed by atoms with Crippen LogP contribution in [0.15, 0.2) is 18.2 Å². The van der Waals surface area contributed by atoms with Crippen molar-refractivity contribution >= 4 is 11.6 Å². The number of carbonyl (C=O) groups is 1. The van der Waals surface area contributed by atoms with Crippen LogP contribution in [0.1, 0.15) is 23.2 Å². The molecule has 1 aromatic rings. The zero-order valence-corrected chi connectivity index (χ0v) is 9.57. The van der Waals surface area contributed by atoms with Gasteiger partial charge >= 0.3 is 0 Å². The third kappa shape index (κ3) is 2.88. The Morgan fingerprint density at radius 2 is 2.12 bits per heavy atom. The number of aromatic hydroxyl groups is 1. The number of piperidine rings is 1. The predicted molar refractivity (Wildman–Crippen MR) is 66.1 cm³/mol. The van der Waals surface area contributed by atoms with Gasteiger partial charge in [-0.3, -0.25) is 4.79 Å². The van der Waals surface area contributed by atoms with Crippen LogP contribution in [0.4, 0.5) is 5.69 Å². The molecule has 5 heteroatoms. The van der Waals surface area contributed by atoms with Gasteiger partial charge in [-0.25, -0.2) is 0 Å². The molecular formula is C12H17N3O2. The average Bonchev–Trinajstić information content (AvgIpc) is 2.33. The highest BCUT2D eigenvalue weighted by Crippen LogP contribution is 2.26. The SMILES string of the molecule is NC(=O)c1ccc(NC2CCNCC2)c(O)c1. The number of primary amides is 1. The summed E-state index contributed by atoms with van der Waals surface area (Å²) in [6.45, 7) is 1.97. The molecule has 1 fully saturated rings. The molecule has 0 saturated carbocycles. The number of nitrogens with one attached hydrogen (secondary N) is 2. The second-order valence-corrected chi connectivity index (χ2v) is 4.26. The molecule has 0 unspecified atom stereocenters. The van der Waals surface area contributed by atoms with Crippen molar-refractivity contribution in [3.05, 3.63) is 23.8 Å². The number of hydrogen-bond donors (Lipinski definition) is 4. The quantitative estimate of drug-likeness (QED) is 0.579. The third-order valence-corrected chi connectivity index (χ3v) is 2.98. The number of hydrogen-bond acceptors (Lipinski definition) is 4. The van der Waals surface area contributed by atoms with E-state index in [-0.39, 0.29) is 5.75 Å². The molecule has 0 aliphatic carbocycles. The van der Waals surface area contributed by atoms with Crippen LogP contribution in [0.3, 0.4) is 0 Å². The van der Waals surface area contributed by atoms with Gasteiger partial charge in [0.2, 0.25) is 5.91 Å². The molecule has 92 valence electrons. The second kappa shape index (κ2) is 5.05. The number of amides is 1. The standard InChI is InChI=1S/C12H17N3O2/c13-12(17)8-1-2-10(11(16)7-8)15-9-3-5-14-6-4-9/h1-2,7,9,14-16H,3-6H2,(H2,13,17). The fraction of sp³-hybridized carbons (Fsp3) is 0.417. The minimum Gasteiger partial charge on any atom is -0.506 e. The number of carbonyl (C=O) groups excluding carboxylic acids is 1. The van der Waals surface area contributed by atoms with E-state index in [4.69, 9.17) is 5.73 Å². The summed E-state index contributed by atoms with van der Waals surface area (Å²) in [4.78, 5) is 10.9. The highest BCUT2D eigenvalue weighted by atomic mass is 16.3. The maximum absolute atomic E-state index is 10.9. The first-order chi connectivity index (χ1) is 8.16. The van der Waals surface area contributed by atoms with Crippen molar-refractivity contribution < 1.29 is 9.90 Å². The van der Waals surface area contributed by atoms with Crippen LogP contribution in [0.25, 0.3) is 0 Å². The lowest BCUT2D eigenvalue weighted by atomic mass is 10.1. The summed E-state index contributed by atoms with van der Waals surface area (Å²) in [7, 11) is 0. The Hall–Kier alpha value is -1.75. The summed E-state index contributed by atoms with van der Waals surface area (Å²) < 4.78 is 0. The zero-order valence-electron chi connectivity index (χ0n) is 9.57. The van der Waals surface area contributed by atoms with Crippen molar-refractivity contribution in [2.24, 2.45) is 5.73 Å². The van der Waals surface area contributed by atoms with E-state index in [0.717, 1.165) is 25.9 Å². The van der Waals surface area contributed by atoms with Crippen molar-refractivity contribution in [3.8, 4) is 5.75 Å². The molecule has 17 heavy (non-hydrogen) atoms. The molecule has 0 spiro atoms. The van der Waals surface area contributed by atoms with Gasteiger partial charge < -0.3 is 21.5 Å². The van der Waals surface area contributed by atoms with Crippen molar-refractivity contribution in [1.82, 2.24) is 5.32 Å². The van der Waals surface area contributed by atoms with Gasteiger partial charge in [0.25, 0.3) is 0 Å². The topological polar surface area (TPSA) is 87.4 Å². The summed E-state index contributed by atoms with van der Waals surface area (Å²) in [6.07, 6.45) is 2.05. The van der Waals surface area contributed by atoms with Crippen molar-refractivity contribution in [2.45, 2.75) is 18.9 Å². The number of benzene rings is 1. The smallest absolute Gasteiger partial charge is 0.248 e. The largest absolute Gasteiger partial charge is 0.506 e. The molecule has 1 heterocycles. The number of phenolic OH excluding ortho intramolecular Hbond substituents is 1. The van der Waals surface area contributed by atoms with Crippen molar-refractivity contribution in [2.75, 3.05) is 18.4 Å². The molecule has 5 nitrogen and oxygen atoms in total. The van der Waals surface area contributed by atoms with Gasteiger partial charge in [-0.05, 0) is 44.1 Å². The van der Waals surface area contributed by atoms with Gasteiger partial charge in [0, 0.05) is 11.6 Å². The minimum atomic E-state index is -0.534. The zero-order chi connectivity index (χ0) is 12.3. The third-order valence-electron chi connectivity index (χ3n) is 2.98. The summed E-state index contributed by atoms with van der Waals surface area (Å²) in [5.41, 5.74) is 6.11. The Bertz CT molecular complexity index is 414. The molecule has 0 aromatic heterocycles. The maximum Gasteiger partial charge on any atom is 0.248 e. The van der Waals surface area contributed by atoms with E-state index in [1.54, 1.807) is 12.1 Å². The van der Waals surface area contributed by atoms with E-state index in [1.807, 2.05) is 0 Å². The molecule has 1 aromatic carbocycles. The van der Waals surface area contributed by atoms with Gasteiger partial charge in [0.05, 0.1) is 5.69 Å². The van der Waals surface area contributed by atoms with Crippen LogP contribution in [0, 0.1) is 0 Å². The predicted octanol–water partition coefficient (Wildman–Crippen LogP) is 0.655. The maximum atomic E-state index is 10.9. The van der Waals surface area contributed by atoms with Gasteiger partial charge in [0.1, 0.15) is 5.75 Å². The first-order valence-electron chi connectivity index (χ1n) is 5.77. The first-order valence-corrected chi connectivity index (χ1v) is 5.77. The van der Waals surface area contributed by atoms with Crippen LogP contribution in [-0.4, -0.2) is 30.1 Å². The number of anilines is 1. The lowest BCUT2D eigenvalue weighted by molar-refractivity contribution is 0.1000. The fourth-order valence-electron chi connectivity index (χ4n) is 1.99. The van der Waals surface area contributed by atoms with Crippen LogP contribution in [0.2, 0.25) is 0 Å². The van der Waals surface area contributed by atoms with E-state index in [1.165, 1.54) is 6.07 Å². The van der Waals surface area contributed by atoms with E-state index in [0.29, 0.717) is 17.3 Å². The van der Waals surface area contributed by atoms with Crippen LogP contribution in [0.5, 0.6) is 5.75 Å². The number of rotatable bonds is 3. The van der Waals surface area contributed by atoms with E-state index in [9.17, 15) is 9.90 Å². The second-order valence-electron chi connectivity index (χ2n) is 4.26. The normalized spacial score (nSPS) is 16.7. The summed E-state index contributed by atoms with van der Waals surface area (Å²) >= 11 is 0. The Labute approximate surface area is 100 Å². The van der Waals surface area contributed by atoms with E-state index < -0.39 is 5.91 Å². The fourth-order valence-corrected chi connectivity index (χ4v) is 1.99.